The van der Waals surface area contributed by atoms with Gasteiger partial charge in [0.25, 0.3) is 0 Å². The molecule has 0 unspecified atom stereocenters. The first kappa shape index (κ1) is 24.6. The fourth-order valence-corrected chi connectivity index (χ4v) is 7.08. The van der Waals surface area contributed by atoms with Crippen molar-refractivity contribution >= 4 is 28.3 Å². The Morgan fingerprint density at radius 1 is 1.15 bits per heavy atom. The SMILES string of the molecule is [2H]C([2H])(Oc1nc(N2C[C@H]3CC[C@@H](C2)O3)c2cnc(-c3cc(O)cc(Cl)c3C(F)(F)F)c(F)c2n1)C12CCCN1CCC2. The zero-order valence-corrected chi connectivity index (χ0v) is 22.6. The van der Waals surface area contributed by atoms with Gasteiger partial charge in [0.1, 0.15) is 29.3 Å². The highest BCUT2D eigenvalue weighted by molar-refractivity contribution is 6.32. The van der Waals surface area contributed by atoms with Crippen LogP contribution in [-0.4, -0.2) is 75.4 Å². The Kier molecular flexibility index (Phi) is 5.89. The van der Waals surface area contributed by atoms with Crippen molar-refractivity contribution < 1.29 is 34.9 Å². The number of pyridine rings is 1. The quantitative estimate of drug-likeness (QED) is 0.383. The van der Waals surface area contributed by atoms with Crippen LogP contribution in [0.2, 0.25) is 5.02 Å². The second-order valence-corrected chi connectivity index (χ2v) is 11.6. The number of fused-ring (bicyclic) bond motifs is 4. The van der Waals surface area contributed by atoms with E-state index in [-0.39, 0.29) is 28.9 Å². The van der Waals surface area contributed by atoms with Gasteiger partial charge in [0.05, 0.1) is 36.5 Å². The number of halogens is 5. The molecular formula is C28H28ClF4N5O3. The lowest BCUT2D eigenvalue weighted by Crippen LogP contribution is -2.44. The Morgan fingerprint density at radius 2 is 1.85 bits per heavy atom. The molecule has 3 aromatic rings. The first-order valence-electron chi connectivity index (χ1n) is 14.7. The molecule has 8 nitrogen and oxygen atoms in total. The van der Waals surface area contributed by atoms with Crippen LogP contribution in [-0.2, 0) is 10.9 Å². The summed E-state index contributed by atoms with van der Waals surface area (Å²) in [6.45, 7) is 0.0955. The lowest BCUT2D eigenvalue weighted by molar-refractivity contribution is -0.137. The molecular weight excluding hydrogens is 566 g/mol. The van der Waals surface area contributed by atoms with E-state index in [0.29, 0.717) is 25.9 Å². The van der Waals surface area contributed by atoms with Crippen molar-refractivity contribution in [3.8, 4) is 23.0 Å². The van der Waals surface area contributed by atoms with Gasteiger partial charge in [-0.15, -0.1) is 0 Å². The Labute approximate surface area is 241 Å². The normalized spacial score (nSPS) is 25.0. The lowest BCUT2D eigenvalue weighted by Gasteiger charge is -2.34. The van der Waals surface area contributed by atoms with Gasteiger partial charge in [-0.05, 0) is 63.7 Å². The molecule has 0 spiro atoms. The summed E-state index contributed by atoms with van der Waals surface area (Å²) in [6.07, 6.45) is 0.489. The number of aromatic nitrogens is 3. The van der Waals surface area contributed by atoms with Gasteiger partial charge in [-0.2, -0.15) is 23.1 Å². The zero-order valence-electron chi connectivity index (χ0n) is 23.8. The summed E-state index contributed by atoms with van der Waals surface area (Å²) in [7, 11) is 0. The van der Waals surface area contributed by atoms with Gasteiger partial charge in [-0.3, -0.25) is 9.88 Å². The molecule has 4 saturated heterocycles. The number of anilines is 1. The maximum absolute atomic E-state index is 16.4. The maximum Gasteiger partial charge on any atom is 0.418 e. The van der Waals surface area contributed by atoms with Crippen molar-refractivity contribution in [2.45, 2.75) is 62.4 Å². The highest BCUT2D eigenvalue weighted by Gasteiger charge is 2.45. The summed E-state index contributed by atoms with van der Waals surface area (Å²) in [5.41, 5.74) is -4.11. The molecule has 0 saturated carbocycles. The van der Waals surface area contributed by atoms with Crippen molar-refractivity contribution in [3.63, 3.8) is 0 Å². The van der Waals surface area contributed by atoms with Gasteiger partial charge >= 0.3 is 12.2 Å². The molecule has 4 aliphatic heterocycles. The summed E-state index contributed by atoms with van der Waals surface area (Å²) in [4.78, 5) is 16.8. The van der Waals surface area contributed by atoms with E-state index in [4.69, 9.17) is 23.8 Å². The van der Waals surface area contributed by atoms with Gasteiger partial charge in [0, 0.05) is 24.8 Å². The number of rotatable bonds is 5. The number of ether oxygens (including phenoxy) is 2. The number of alkyl halides is 3. The minimum atomic E-state index is -4.98. The van der Waals surface area contributed by atoms with E-state index in [1.807, 2.05) is 4.90 Å². The van der Waals surface area contributed by atoms with Crippen LogP contribution in [0.5, 0.6) is 11.8 Å². The van der Waals surface area contributed by atoms with Gasteiger partial charge in [0.15, 0.2) is 5.82 Å². The van der Waals surface area contributed by atoms with Crippen molar-refractivity contribution in [3.05, 3.63) is 34.7 Å². The molecule has 7 rings (SSSR count). The predicted molar refractivity (Wildman–Crippen MR) is 143 cm³/mol. The fraction of sp³-hybridized carbons (Fsp3) is 0.536. The monoisotopic (exact) mass is 595 g/mol. The van der Waals surface area contributed by atoms with Crippen molar-refractivity contribution in [1.29, 1.82) is 0 Å². The van der Waals surface area contributed by atoms with Crippen LogP contribution in [0.15, 0.2) is 18.3 Å². The third-order valence-corrected chi connectivity index (χ3v) is 8.87. The first-order valence-corrected chi connectivity index (χ1v) is 14.0. The Hall–Kier alpha value is -2.96. The number of benzene rings is 1. The van der Waals surface area contributed by atoms with E-state index in [1.54, 1.807) is 0 Å². The van der Waals surface area contributed by atoms with Crippen LogP contribution in [0, 0.1) is 5.82 Å². The Bertz CT molecular complexity index is 1590. The number of phenols is 1. The second kappa shape index (κ2) is 9.81. The topological polar surface area (TPSA) is 83.8 Å². The van der Waals surface area contributed by atoms with Gasteiger partial charge in [-0.25, -0.2) is 4.39 Å². The molecule has 6 heterocycles. The van der Waals surface area contributed by atoms with E-state index in [9.17, 15) is 18.3 Å². The van der Waals surface area contributed by atoms with Gasteiger partial charge < -0.3 is 19.5 Å². The molecule has 4 fully saturated rings. The molecule has 0 amide bonds. The summed E-state index contributed by atoms with van der Waals surface area (Å²) in [5.74, 6) is -1.58. The molecule has 4 aliphatic rings. The predicted octanol–water partition coefficient (Wildman–Crippen LogP) is 5.58. The molecule has 0 aliphatic carbocycles. The molecule has 41 heavy (non-hydrogen) atoms. The van der Waals surface area contributed by atoms with E-state index < -0.39 is 57.7 Å². The average molecular weight is 596 g/mol. The largest absolute Gasteiger partial charge is 0.508 e. The summed E-state index contributed by atoms with van der Waals surface area (Å²) in [5, 5.41) is 9.36. The molecule has 2 bridgehead atoms. The summed E-state index contributed by atoms with van der Waals surface area (Å²) >= 11 is 5.86. The van der Waals surface area contributed by atoms with E-state index >= 15 is 4.39 Å². The molecule has 0 radical (unpaired) electrons. The number of hydrogen-bond donors (Lipinski definition) is 1. The van der Waals surface area contributed by atoms with Crippen molar-refractivity contribution in [2.24, 2.45) is 0 Å². The summed E-state index contributed by atoms with van der Waals surface area (Å²) in [6, 6.07) is 1.04. The minimum Gasteiger partial charge on any atom is -0.508 e. The second-order valence-electron chi connectivity index (χ2n) is 11.2. The van der Waals surface area contributed by atoms with Gasteiger partial charge in [-0.1, -0.05) is 11.6 Å². The molecule has 1 aromatic carbocycles. The van der Waals surface area contributed by atoms with Crippen LogP contribution in [0.3, 0.4) is 0 Å². The Morgan fingerprint density at radius 3 is 2.54 bits per heavy atom. The van der Waals surface area contributed by atoms with E-state index in [0.717, 1.165) is 50.9 Å². The van der Waals surface area contributed by atoms with E-state index in [2.05, 4.69) is 19.9 Å². The number of phenolic OH excluding ortho intramolecular Hbond substituents is 1. The number of hydrogen-bond acceptors (Lipinski definition) is 8. The smallest absolute Gasteiger partial charge is 0.418 e. The highest BCUT2D eigenvalue weighted by atomic mass is 35.5. The lowest BCUT2D eigenvalue weighted by atomic mass is 9.95. The van der Waals surface area contributed by atoms with Gasteiger partial charge in [0.2, 0.25) is 0 Å². The maximum atomic E-state index is 16.4. The molecule has 1 N–H and O–H groups in total. The number of aromatic hydroxyl groups is 1. The van der Waals surface area contributed by atoms with Crippen LogP contribution in [0.25, 0.3) is 22.2 Å². The highest BCUT2D eigenvalue weighted by Crippen LogP contribution is 2.45. The van der Waals surface area contributed by atoms with Crippen molar-refractivity contribution in [1.82, 2.24) is 19.9 Å². The molecule has 13 heteroatoms. The molecule has 2 atom stereocenters. The number of nitrogens with zero attached hydrogens (tertiary/aromatic N) is 5. The zero-order chi connectivity index (χ0) is 30.3. The first-order chi connectivity index (χ1) is 20.4. The van der Waals surface area contributed by atoms with Crippen LogP contribution < -0.4 is 9.64 Å². The van der Waals surface area contributed by atoms with E-state index in [1.165, 1.54) is 6.20 Å². The van der Waals surface area contributed by atoms with Crippen LogP contribution >= 0.6 is 11.6 Å². The average Bonchev–Trinajstić information content (AvgIpc) is 3.62. The van der Waals surface area contributed by atoms with Crippen molar-refractivity contribution in [2.75, 3.05) is 37.6 Å². The Balaban J connectivity index is 1.39. The molecule has 218 valence electrons. The third kappa shape index (κ3) is 4.64. The third-order valence-electron chi connectivity index (χ3n) is 8.57. The number of morpholine rings is 1. The summed E-state index contributed by atoms with van der Waals surface area (Å²) < 4.78 is 88.3. The fourth-order valence-electron chi connectivity index (χ4n) is 6.76. The van der Waals surface area contributed by atoms with Crippen LogP contribution in [0.1, 0.15) is 46.8 Å². The van der Waals surface area contributed by atoms with Crippen LogP contribution in [0.4, 0.5) is 23.4 Å². The standard InChI is InChI=1S/C28H28ClF4N5O3/c29-20-10-15(39)9-18(21(20)28(31,32)33)23-22(30)24-19(11-34-23)25(37-12-16-3-4-17(13-37)41-16)36-26(35-24)40-14-27-5-1-7-38(27)8-2-6-27/h9-11,16-17,39H,1-8,12-14H2/t16-,17+/i14D2. The molecule has 2 aromatic heterocycles. The minimum absolute atomic E-state index is 0.0788.